The predicted molar refractivity (Wildman–Crippen MR) is 111 cm³/mol. The predicted octanol–water partition coefficient (Wildman–Crippen LogP) is 3.32. The Morgan fingerprint density at radius 3 is 2.74 bits per heavy atom. The fourth-order valence-electron chi connectivity index (χ4n) is 3.10. The number of nitrogens with zero attached hydrogens (tertiary/aromatic N) is 6. The molecule has 4 heterocycles. The molecule has 5 rings (SSSR count). The van der Waals surface area contributed by atoms with E-state index in [0.29, 0.717) is 17.3 Å². The zero-order valence-electron chi connectivity index (χ0n) is 16.2. The summed E-state index contributed by atoms with van der Waals surface area (Å²) in [5.74, 6) is 0.259. The zero-order chi connectivity index (χ0) is 21.0. The number of furan rings is 1. The molecule has 0 N–H and O–H groups in total. The number of hydrogen-bond acceptors (Lipinski definition) is 7. The second-order valence-corrected chi connectivity index (χ2v) is 6.60. The number of esters is 1. The van der Waals surface area contributed by atoms with E-state index in [1.165, 1.54) is 17.0 Å². The highest BCUT2D eigenvalue weighted by atomic mass is 16.5. The van der Waals surface area contributed by atoms with E-state index in [1.54, 1.807) is 12.1 Å². The van der Waals surface area contributed by atoms with Gasteiger partial charge in [0.05, 0.1) is 12.0 Å². The van der Waals surface area contributed by atoms with Crippen molar-refractivity contribution in [1.29, 1.82) is 0 Å². The van der Waals surface area contributed by atoms with Gasteiger partial charge in [-0.05, 0) is 34.7 Å². The maximum Gasteiger partial charge on any atom is 0.357 e. The minimum atomic E-state index is -0.613. The van der Waals surface area contributed by atoms with Crippen LogP contribution in [0.1, 0.15) is 11.5 Å². The Bertz CT molecular complexity index is 1320. The smallest absolute Gasteiger partial charge is 0.357 e. The van der Waals surface area contributed by atoms with Gasteiger partial charge in [-0.1, -0.05) is 36.4 Å². The summed E-state index contributed by atoms with van der Waals surface area (Å²) in [6.45, 7) is -0.00119. The van der Waals surface area contributed by atoms with Crippen LogP contribution >= 0.6 is 0 Å². The number of ether oxygens (including phenoxy) is 1. The molecule has 0 aliphatic heterocycles. The third-order valence-electron chi connectivity index (χ3n) is 4.53. The summed E-state index contributed by atoms with van der Waals surface area (Å²) in [7, 11) is 0. The van der Waals surface area contributed by atoms with E-state index in [0.717, 1.165) is 11.2 Å². The third kappa shape index (κ3) is 3.84. The van der Waals surface area contributed by atoms with Crippen LogP contribution < -0.4 is 0 Å². The fourth-order valence-corrected chi connectivity index (χ4v) is 3.10. The van der Waals surface area contributed by atoms with Crippen molar-refractivity contribution in [2.24, 2.45) is 0 Å². The van der Waals surface area contributed by atoms with E-state index in [9.17, 15) is 4.79 Å². The van der Waals surface area contributed by atoms with Gasteiger partial charge in [0.15, 0.2) is 11.5 Å². The average molecular weight is 412 g/mol. The molecule has 152 valence electrons. The summed E-state index contributed by atoms with van der Waals surface area (Å²) in [4.78, 5) is 17.5. The van der Waals surface area contributed by atoms with Crippen LogP contribution in [0.4, 0.5) is 0 Å². The molecule has 31 heavy (non-hydrogen) atoms. The maximum atomic E-state index is 13.1. The van der Waals surface area contributed by atoms with Gasteiger partial charge < -0.3 is 13.6 Å². The number of benzene rings is 1. The molecule has 0 aliphatic rings. The largest absolute Gasteiger partial charge is 0.465 e. The van der Waals surface area contributed by atoms with Crippen LogP contribution in [-0.4, -0.2) is 35.6 Å². The van der Waals surface area contributed by atoms with Gasteiger partial charge in [-0.3, -0.25) is 0 Å². The van der Waals surface area contributed by atoms with Gasteiger partial charge in [0.25, 0.3) is 0 Å². The highest BCUT2D eigenvalue weighted by Gasteiger charge is 2.21. The van der Waals surface area contributed by atoms with E-state index in [-0.39, 0.29) is 12.3 Å². The summed E-state index contributed by atoms with van der Waals surface area (Å²) < 4.78 is 14.1. The summed E-state index contributed by atoms with van der Waals surface area (Å²) in [5.41, 5.74) is 2.26. The Kier molecular flexibility index (Phi) is 4.82. The molecule has 0 bridgehead atoms. The van der Waals surface area contributed by atoms with Gasteiger partial charge in [-0.15, -0.1) is 5.10 Å². The van der Waals surface area contributed by atoms with Crippen molar-refractivity contribution in [1.82, 2.24) is 29.6 Å². The van der Waals surface area contributed by atoms with Crippen molar-refractivity contribution in [3.63, 3.8) is 0 Å². The summed E-state index contributed by atoms with van der Waals surface area (Å²) in [6.07, 6.45) is 6.74. The van der Waals surface area contributed by atoms with Crippen LogP contribution in [-0.2, 0) is 16.1 Å². The monoisotopic (exact) mass is 412 g/mol. The lowest BCUT2D eigenvalue weighted by Gasteiger charge is -2.09. The number of rotatable bonds is 6. The van der Waals surface area contributed by atoms with Gasteiger partial charge in [0.1, 0.15) is 18.0 Å². The lowest BCUT2D eigenvalue weighted by atomic mass is 10.2. The molecule has 9 nitrogen and oxygen atoms in total. The van der Waals surface area contributed by atoms with Gasteiger partial charge in [0, 0.05) is 24.0 Å². The average Bonchev–Trinajstić information content (AvgIpc) is 3.56. The molecule has 0 atom stereocenters. The topological polar surface area (TPSA) is 100 Å². The van der Waals surface area contributed by atoms with Crippen molar-refractivity contribution in [3.05, 3.63) is 90.8 Å². The first kappa shape index (κ1) is 18.5. The van der Waals surface area contributed by atoms with Crippen LogP contribution in [0, 0.1) is 0 Å². The molecule has 0 aliphatic carbocycles. The van der Waals surface area contributed by atoms with E-state index in [1.807, 2.05) is 65.3 Å². The summed E-state index contributed by atoms with van der Waals surface area (Å²) >= 11 is 0. The normalized spacial score (nSPS) is 11.7. The van der Waals surface area contributed by atoms with Crippen molar-refractivity contribution in [2.45, 2.75) is 6.61 Å². The van der Waals surface area contributed by atoms with Gasteiger partial charge >= 0.3 is 5.97 Å². The summed E-state index contributed by atoms with van der Waals surface area (Å²) in [6, 6.07) is 18.5. The Hall–Kier alpha value is -4.53. The standard InChI is InChI=1S/C22H16N6O3/c29-22(31-15-17-14-27-11-5-4-10-20(27)23-17)19(13-18-9-6-12-30-18)28-21(24-25-26-28)16-7-2-1-3-8-16/h1-14H,15H2/b19-13-. The van der Waals surface area contributed by atoms with E-state index < -0.39 is 5.97 Å². The lowest BCUT2D eigenvalue weighted by Crippen LogP contribution is -2.15. The van der Waals surface area contributed by atoms with Gasteiger partial charge in [-0.2, -0.15) is 4.68 Å². The highest BCUT2D eigenvalue weighted by molar-refractivity contribution is 6.15. The number of carbonyl (C=O) groups excluding carboxylic acids is 1. The highest BCUT2D eigenvalue weighted by Crippen LogP contribution is 2.21. The van der Waals surface area contributed by atoms with Crippen LogP contribution in [0.15, 0.2) is 83.7 Å². The SMILES string of the molecule is O=C(OCc1cn2ccccc2n1)/C(=C/c1ccco1)n1nnnc1-c1ccccc1. The minimum Gasteiger partial charge on any atom is -0.465 e. The Balaban J connectivity index is 1.46. The fraction of sp³-hybridized carbons (Fsp3) is 0.0455. The lowest BCUT2D eigenvalue weighted by molar-refractivity contribution is -0.138. The van der Waals surface area contributed by atoms with E-state index in [4.69, 9.17) is 9.15 Å². The molecule has 0 saturated carbocycles. The number of hydrogen-bond donors (Lipinski definition) is 0. The molecule has 9 heteroatoms. The molecular formula is C22H16N6O3. The molecule has 0 saturated heterocycles. The molecule has 0 amide bonds. The molecule has 4 aromatic heterocycles. The number of imidazole rings is 1. The molecule has 0 spiro atoms. The number of fused-ring (bicyclic) bond motifs is 1. The first-order valence-electron chi connectivity index (χ1n) is 9.47. The number of aromatic nitrogens is 6. The Labute approximate surface area is 176 Å². The van der Waals surface area contributed by atoms with Gasteiger partial charge in [0.2, 0.25) is 0 Å². The number of tetrazole rings is 1. The molecule has 0 fully saturated rings. The van der Waals surface area contributed by atoms with E-state index in [2.05, 4.69) is 20.5 Å². The maximum absolute atomic E-state index is 13.1. The quantitative estimate of drug-likeness (QED) is 0.311. The number of pyridine rings is 1. The molecule has 1 aromatic carbocycles. The molecule has 0 unspecified atom stereocenters. The van der Waals surface area contributed by atoms with Crippen LogP contribution in [0.3, 0.4) is 0 Å². The number of carbonyl (C=O) groups is 1. The first-order valence-corrected chi connectivity index (χ1v) is 9.47. The second-order valence-electron chi connectivity index (χ2n) is 6.60. The van der Waals surface area contributed by atoms with Crippen LogP contribution in [0.2, 0.25) is 0 Å². The minimum absolute atomic E-state index is 0.00119. The molecular weight excluding hydrogens is 396 g/mol. The van der Waals surface area contributed by atoms with Crippen molar-refractivity contribution in [2.75, 3.05) is 0 Å². The summed E-state index contributed by atoms with van der Waals surface area (Å²) in [5, 5.41) is 11.8. The van der Waals surface area contributed by atoms with Crippen LogP contribution in [0.5, 0.6) is 0 Å². The van der Waals surface area contributed by atoms with Gasteiger partial charge in [-0.25, -0.2) is 9.78 Å². The zero-order valence-corrected chi connectivity index (χ0v) is 16.2. The third-order valence-corrected chi connectivity index (χ3v) is 4.53. The Morgan fingerprint density at radius 1 is 1.06 bits per heavy atom. The molecule has 0 radical (unpaired) electrons. The molecule has 5 aromatic rings. The van der Waals surface area contributed by atoms with Crippen molar-refractivity contribution < 1.29 is 13.9 Å². The van der Waals surface area contributed by atoms with E-state index >= 15 is 0 Å². The Morgan fingerprint density at radius 2 is 1.94 bits per heavy atom. The van der Waals surface area contributed by atoms with Crippen LogP contribution in [0.25, 0.3) is 28.8 Å². The second kappa shape index (κ2) is 8.07. The van der Waals surface area contributed by atoms with Crippen molar-refractivity contribution >= 4 is 23.4 Å². The first-order chi connectivity index (χ1) is 15.3. The van der Waals surface area contributed by atoms with Crippen molar-refractivity contribution in [3.8, 4) is 11.4 Å².